The van der Waals surface area contributed by atoms with Crippen molar-refractivity contribution >= 4 is 6.29 Å². The van der Waals surface area contributed by atoms with Crippen LogP contribution in [0.2, 0.25) is 0 Å². The van der Waals surface area contributed by atoms with Crippen LogP contribution in [-0.4, -0.2) is 18.4 Å². The van der Waals surface area contributed by atoms with Crippen molar-refractivity contribution in [2.45, 2.75) is 13.3 Å². The van der Waals surface area contributed by atoms with E-state index in [2.05, 4.69) is 11.1 Å². The number of hydrogen-bond donors (Lipinski definition) is 1. The van der Waals surface area contributed by atoms with Gasteiger partial charge in [-0.3, -0.25) is 4.79 Å². The van der Waals surface area contributed by atoms with Gasteiger partial charge in [0.25, 0.3) is 0 Å². The van der Waals surface area contributed by atoms with Crippen molar-refractivity contribution in [3.8, 4) is 5.75 Å². The van der Waals surface area contributed by atoms with Crippen LogP contribution in [0.3, 0.4) is 0 Å². The number of ether oxygens (including phenoxy) is 1. The average Bonchev–Trinajstić information content (AvgIpc) is 2.74. The molecule has 0 aliphatic carbocycles. The number of nitrogens with one attached hydrogen (secondary N) is 1. The second kappa shape index (κ2) is 4.87. The number of H-pyrrole nitrogens is 1. The van der Waals surface area contributed by atoms with Crippen molar-refractivity contribution in [2.24, 2.45) is 0 Å². The van der Waals surface area contributed by atoms with Crippen LogP contribution >= 0.6 is 0 Å². The van der Waals surface area contributed by atoms with Gasteiger partial charge in [0.1, 0.15) is 5.75 Å². The molecule has 0 unspecified atom stereocenters. The molecule has 0 fully saturated rings. The first kappa shape index (κ1) is 11.5. The lowest BCUT2D eigenvalue weighted by Gasteiger charge is -2.08. The largest absolute Gasteiger partial charge is 0.496 e. The minimum atomic E-state index is 0.629. The molecule has 0 saturated heterocycles. The highest BCUT2D eigenvalue weighted by Crippen LogP contribution is 2.22. The molecule has 0 amide bonds. The zero-order valence-electron chi connectivity index (χ0n) is 9.99. The van der Waals surface area contributed by atoms with Crippen molar-refractivity contribution in [3.63, 3.8) is 0 Å². The summed E-state index contributed by atoms with van der Waals surface area (Å²) in [6, 6.07) is 7.74. The van der Waals surface area contributed by atoms with Gasteiger partial charge >= 0.3 is 0 Å². The minimum absolute atomic E-state index is 0.629. The predicted octanol–water partition coefficient (Wildman–Crippen LogP) is 2.74. The fourth-order valence-corrected chi connectivity index (χ4v) is 1.95. The van der Waals surface area contributed by atoms with Crippen LogP contribution in [-0.2, 0) is 6.42 Å². The van der Waals surface area contributed by atoms with E-state index < -0.39 is 0 Å². The number of aldehydes is 1. The van der Waals surface area contributed by atoms with Gasteiger partial charge in [-0.25, -0.2) is 0 Å². The highest BCUT2D eigenvalue weighted by molar-refractivity contribution is 5.81. The Morgan fingerprint density at radius 3 is 2.82 bits per heavy atom. The molecule has 0 bridgehead atoms. The molecule has 2 rings (SSSR count). The number of aryl methyl sites for hydroxylation is 1. The normalized spacial score (nSPS) is 10.2. The van der Waals surface area contributed by atoms with E-state index in [1.165, 1.54) is 5.56 Å². The summed E-state index contributed by atoms with van der Waals surface area (Å²) in [5.74, 6) is 0.629. The van der Waals surface area contributed by atoms with Crippen molar-refractivity contribution in [3.05, 3.63) is 52.8 Å². The highest BCUT2D eigenvalue weighted by atomic mass is 16.5. The average molecular weight is 229 g/mol. The molecule has 3 heteroatoms. The molecule has 17 heavy (non-hydrogen) atoms. The molecular weight excluding hydrogens is 214 g/mol. The highest BCUT2D eigenvalue weighted by Gasteiger charge is 2.09. The van der Waals surface area contributed by atoms with Crippen LogP contribution < -0.4 is 4.74 Å². The van der Waals surface area contributed by atoms with Gasteiger partial charge in [-0.2, -0.15) is 0 Å². The van der Waals surface area contributed by atoms with E-state index in [9.17, 15) is 4.79 Å². The molecule has 1 heterocycles. The summed E-state index contributed by atoms with van der Waals surface area (Å²) >= 11 is 0. The zero-order chi connectivity index (χ0) is 12.3. The van der Waals surface area contributed by atoms with Crippen LogP contribution in [0.4, 0.5) is 0 Å². The molecule has 88 valence electrons. The maximum Gasteiger partial charge on any atom is 0.154 e. The lowest BCUT2D eigenvalue weighted by atomic mass is 10.0. The first-order valence-corrected chi connectivity index (χ1v) is 5.49. The smallest absolute Gasteiger partial charge is 0.154 e. The molecule has 0 radical (unpaired) electrons. The topological polar surface area (TPSA) is 42.1 Å². The summed E-state index contributed by atoms with van der Waals surface area (Å²) in [7, 11) is 1.58. The SMILES string of the molecule is COc1cccc(Cc2c[nH]c(C)c2)c1C=O. The summed E-state index contributed by atoms with van der Waals surface area (Å²) in [5.41, 5.74) is 3.90. The number of rotatable bonds is 4. The Morgan fingerprint density at radius 2 is 2.24 bits per heavy atom. The minimum Gasteiger partial charge on any atom is -0.496 e. The number of hydrogen-bond acceptors (Lipinski definition) is 2. The van der Waals surface area contributed by atoms with E-state index in [1.54, 1.807) is 13.2 Å². The van der Waals surface area contributed by atoms with E-state index >= 15 is 0 Å². The first-order chi connectivity index (χ1) is 8.24. The molecule has 3 nitrogen and oxygen atoms in total. The van der Waals surface area contributed by atoms with Crippen molar-refractivity contribution in [1.82, 2.24) is 4.98 Å². The summed E-state index contributed by atoms with van der Waals surface area (Å²) in [6.45, 7) is 2.01. The molecule has 0 spiro atoms. The number of carbonyl (C=O) groups is 1. The molecule has 1 aromatic heterocycles. The van der Waals surface area contributed by atoms with Crippen LogP contribution in [0, 0.1) is 6.92 Å². The van der Waals surface area contributed by atoms with Crippen LogP contribution in [0.1, 0.15) is 27.2 Å². The Morgan fingerprint density at radius 1 is 1.41 bits per heavy atom. The molecule has 0 saturated carbocycles. The van der Waals surface area contributed by atoms with Gasteiger partial charge in [0.2, 0.25) is 0 Å². The molecular formula is C14H15NO2. The third kappa shape index (κ3) is 2.38. The van der Waals surface area contributed by atoms with E-state index in [1.807, 2.05) is 25.3 Å². The van der Waals surface area contributed by atoms with Gasteiger partial charge in [0.05, 0.1) is 12.7 Å². The molecule has 1 aromatic carbocycles. The van der Waals surface area contributed by atoms with E-state index in [-0.39, 0.29) is 0 Å². The molecule has 0 atom stereocenters. The van der Waals surface area contributed by atoms with Gasteiger partial charge in [-0.05, 0) is 36.6 Å². The quantitative estimate of drug-likeness (QED) is 0.819. The third-order valence-electron chi connectivity index (χ3n) is 2.78. The molecule has 0 aliphatic heterocycles. The predicted molar refractivity (Wildman–Crippen MR) is 66.7 cm³/mol. The van der Waals surface area contributed by atoms with E-state index in [4.69, 9.17) is 4.74 Å². The number of methoxy groups -OCH3 is 1. The number of carbonyl (C=O) groups excluding carboxylic acids is 1. The Hall–Kier alpha value is -2.03. The number of aromatic nitrogens is 1. The molecule has 0 aliphatic rings. The number of benzene rings is 1. The van der Waals surface area contributed by atoms with Crippen LogP contribution in [0.5, 0.6) is 5.75 Å². The summed E-state index contributed by atoms with van der Waals surface area (Å²) in [4.78, 5) is 14.3. The van der Waals surface area contributed by atoms with Crippen molar-refractivity contribution < 1.29 is 9.53 Å². The third-order valence-corrected chi connectivity index (χ3v) is 2.78. The first-order valence-electron chi connectivity index (χ1n) is 5.49. The maximum atomic E-state index is 11.1. The monoisotopic (exact) mass is 229 g/mol. The standard InChI is InChI=1S/C14H15NO2/c1-10-6-11(8-15-10)7-12-4-3-5-14(17-2)13(12)9-16/h3-6,8-9,15H,7H2,1-2H3. The van der Waals surface area contributed by atoms with Crippen LogP contribution in [0.25, 0.3) is 0 Å². The van der Waals surface area contributed by atoms with Crippen molar-refractivity contribution in [1.29, 1.82) is 0 Å². The van der Waals surface area contributed by atoms with E-state index in [0.29, 0.717) is 11.3 Å². The summed E-state index contributed by atoms with van der Waals surface area (Å²) in [6.07, 6.45) is 3.55. The number of aromatic amines is 1. The van der Waals surface area contributed by atoms with Gasteiger partial charge in [0, 0.05) is 11.9 Å². The molecule has 1 N–H and O–H groups in total. The second-order valence-electron chi connectivity index (χ2n) is 4.02. The zero-order valence-corrected chi connectivity index (χ0v) is 9.99. The fraction of sp³-hybridized carbons (Fsp3) is 0.214. The lowest BCUT2D eigenvalue weighted by molar-refractivity contribution is 0.112. The fourth-order valence-electron chi connectivity index (χ4n) is 1.95. The van der Waals surface area contributed by atoms with Crippen molar-refractivity contribution in [2.75, 3.05) is 7.11 Å². The Balaban J connectivity index is 2.35. The van der Waals surface area contributed by atoms with Gasteiger partial charge < -0.3 is 9.72 Å². The summed E-state index contributed by atoms with van der Waals surface area (Å²) in [5, 5.41) is 0. The van der Waals surface area contributed by atoms with Crippen LogP contribution in [0.15, 0.2) is 30.5 Å². The Labute approximate surface area is 100 Å². The summed E-state index contributed by atoms with van der Waals surface area (Å²) < 4.78 is 5.18. The van der Waals surface area contributed by atoms with Gasteiger partial charge in [0.15, 0.2) is 6.29 Å². The maximum absolute atomic E-state index is 11.1. The Kier molecular flexibility index (Phi) is 3.28. The van der Waals surface area contributed by atoms with Gasteiger partial charge in [-0.1, -0.05) is 12.1 Å². The second-order valence-corrected chi connectivity index (χ2v) is 4.02. The van der Waals surface area contributed by atoms with E-state index in [0.717, 1.165) is 24.0 Å². The lowest BCUT2D eigenvalue weighted by Crippen LogP contribution is -1.97. The van der Waals surface area contributed by atoms with Gasteiger partial charge in [-0.15, -0.1) is 0 Å². The Bertz CT molecular complexity index is 529. The molecule has 2 aromatic rings.